The fraction of sp³-hybridized carbons (Fsp3) is 0.647. The second-order valence-electron chi connectivity index (χ2n) is 6.45. The maximum Gasteiger partial charge on any atom is 0.490 e. The molecule has 12 heteroatoms. The van der Waals surface area contributed by atoms with Crippen LogP contribution in [0.5, 0.6) is 0 Å². The molecule has 0 amide bonds. The normalized spacial score (nSPS) is 14.7. The third-order valence-corrected chi connectivity index (χ3v) is 4.44. The molecule has 0 saturated heterocycles. The monoisotopic (exact) mass is 419 g/mol. The number of ether oxygens (including phenoxy) is 1. The molecule has 0 spiro atoms. The van der Waals surface area contributed by atoms with Crippen LogP contribution in [0, 0.1) is 13.8 Å². The molecule has 0 saturated carbocycles. The lowest BCUT2D eigenvalue weighted by molar-refractivity contribution is -0.192. The van der Waals surface area contributed by atoms with Crippen molar-refractivity contribution in [2.24, 2.45) is 0 Å². The van der Waals surface area contributed by atoms with E-state index in [-0.39, 0.29) is 0 Å². The van der Waals surface area contributed by atoms with Crippen molar-refractivity contribution in [3.8, 4) is 0 Å². The maximum absolute atomic E-state index is 10.6. The summed E-state index contributed by atoms with van der Waals surface area (Å²) in [5.41, 5.74) is 2.19. The van der Waals surface area contributed by atoms with Crippen molar-refractivity contribution in [1.82, 2.24) is 24.8 Å². The lowest BCUT2D eigenvalue weighted by Crippen LogP contribution is -2.27. The summed E-state index contributed by atoms with van der Waals surface area (Å²) in [7, 11) is 0. The van der Waals surface area contributed by atoms with Crippen LogP contribution in [0.1, 0.15) is 35.6 Å². The van der Waals surface area contributed by atoms with Gasteiger partial charge in [0, 0.05) is 44.8 Å². The fourth-order valence-electron chi connectivity index (χ4n) is 2.84. The topological polar surface area (TPSA) is 107 Å². The van der Waals surface area contributed by atoms with Crippen molar-refractivity contribution in [3.05, 3.63) is 28.7 Å². The zero-order chi connectivity index (χ0) is 21.6. The number of aromatic nitrogens is 4. The molecule has 0 aliphatic carbocycles. The number of carboxylic acids is 1. The quantitative estimate of drug-likeness (QED) is 0.786. The molecule has 2 aromatic heterocycles. The Morgan fingerprint density at radius 2 is 1.93 bits per heavy atom. The standard InChI is InChI=1S/C15H23N5O2.C2HF3O2/c1-4-21-10-15-17-16-14-5-6-19(7-8-20(14)15)9-13-11(2)18-22-12(13)3;3-2(4,5)1(6)7/h4-10H2,1-3H3;(H,6,7). The first-order valence-corrected chi connectivity index (χ1v) is 9.06. The molecule has 1 aliphatic rings. The summed E-state index contributed by atoms with van der Waals surface area (Å²) in [6, 6.07) is 0. The molecule has 0 aromatic carbocycles. The summed E-state index contributed by atoms with van der Waals surface area (Å²) < 4.78 is 44.7. The summed E-state index contributed by atoms with van der Waals surface area (Å²) >= 11 is 0. The first-order valence-electron chi connectivity index (χ1n) is 9.06. The molecular weight excluding hydrogens is 395 g/mol. The number of carboxylic acid groups (broad SMARTS) is 1. The molecule has 0 atom stereocenters. The number of rotatable bonds is 5. The number of hydrogen-bond acceptors (Lipinski definition) is 7. The van der Waals surface area contributed by atoms with Crippen LogP contribution in [0.25, 0.3) is 0 Å². The SMILES string of the molecule is CCOCc1nnc2n1CCN(Cc1c(C)noc1C)CC2.O=C(O)C(F)(F)F. The van der Waals surface area contributed by atoms with Gasteiger partial charge in [-0.25, -0.2) is 4.79 Å². The van der Waals surface area contributed by atoms with E-state index in [4.69, 9.17) is 19.2 Å². The van der Waals surface area contributed by atoms with E-state index in [0.29, 0.717) is 13.2 Å². The molecule has 3 heterocycles. The van der Waals surface area contributed by atoms with E-state index in [9.17, 15) is 13.2 Å². The summed E-state index contributed by atoms with van der Waals surface area (Å²) in [6.45, 7) is 10.9. The number of hydrogen-bond donors (Lipinski definition) is 1. The third-order valence-electron chi connectivity index (χ3n) is 4.44. The molecule has 0 unspecified atom stereocenters. The average molecular weight is 419 g/mol. The van der Waals surface area contributed by atoms with Crippen molar-refractivity contribution in [2.45, 2.75) is 53.1 Å². The predicted octanol–water partition coefficient (Wildman–Crippen LogP) is 2.11. The van der Waals surface area contributed by atoms with E-state index in [1.807, 2.05) is 20.8 Å². The van der Waals surface area contributed by atoms with E-state index in [1.54, 1.807) is 0 Å². The van der Waals surface area contributed by atoms with Gasteiger partial charge in [0.25, 0.3) is 0 Å². The van der Waals surface area contributed by atoms with Crippen LogP contribution in [0.4, 0.5) is 13.2 Å². The summed E-state index contributed by atoms with van der Waals surface area (Å²) in [6.07, 6.45) is -4.18. The molecule has 1 aliphatic heterocycles. The van der Waals surface area contributed by atoms with Crippen molar-refractivity contribution in [3.63, 3.8) is 0 Å². The first-order chi connectivity index (χ1) is 13.6. The lowest BCUT2D eigenvalue weighted by Gasteiger charge is -2.19. The van der Waals surface area contributed by atoms with Crippen LogP contribution in [0.15, 0.2) is 4.52 Å². The highest BCUT2D eigenvalue weighted by molar-refractivity contribution is 5.73. The largest absolute Gasteiger partial charge is 0.490 e. The van der Waals surface area contributed by atoms with Gasteiger partial charge in [0.2, 0.25) is 0 Å². The van der Waals surface area contributed by atoms with E-state index < -0.39 is 12.1 Å². The molecule has 29 heavy (non-hydrogen) atoms. The number of fused-ring (bicyclic) bond motifs is 1. The zero-order valence-corrected chi connectivity index (χ0v) is 16.5. The van der Waals surface area contributed by atoms with Gasteiger partial charge in [0.05, 0.1) is 5.69 Å². The molecule has 0 bridgehead atoms. The Morgan fingerprint density at radius 3 is 2.48 bits per heavy atom. The van der Waals surface area contributed by atoms with Gasteiger partial charge in [-0.1, -0.05) is 5.16 Å². The van der Waals surface area contributed by atoms with Gasteiger partial charge in [-0.2, -0.15) is 13.2 Å². The fourth-order valence-corrected chi connectivity index (χ4v) is 2.84. The molecule has 0 fully saturated rings. The Balaban J connectivity index is 0.000000370. The van der Waals surface area contributed by atoms with Crippen molar-refractivity contribution < 1.29 is 32.3 Å². The smallest absolute Gasteiger partial charge is 0.475 e. The summed E-state index contributed by atoms with van der Waals surface area (Å²) in [5, 5.41) is 19.7. The number of aryl methyl sites for hydroxylation is 2. The van der Waals surface area contributed by atoms with Crippen molar-refractivity contribution in [1.29, 1.82) is 0 Å². The molecule has 0 radical (unpaired) electrons. The van der Waals surface area contributed by atoms with E-state index in [2.05, 4.69) is 24.8 Å². The van der Waals surface area contributed by atoms with Crippen LogP contribution >= 0.6 is 0 Å². The minimum Gasteiger partial charge on any atom is -0.475 e. The van der Waals surface area contributed by atoms with Crippen LogP contribution in [0.3, 0.4) is 0 Å². The molecule has 162 valence electrons. The van der Waals surface area contributed by atoms with Crippen LogP contribution < -0.4 is 0 Å². The zero-order valence-electron chi connectivity index (χ0n) is 16.5. The Morgan fingerprint density at radius 1 is 1.24 bits per heavy atom. The van der Waals surface area contributed by atoms with Gasteiger partial charge >= 0.3 is 12.1 Å². The minimum absolute atomic E-state index is 0.535. The van der Waals surface area contributed by atoms with E-state index in [0.717, 1.165) is 55.7 Å². The Hall–Kier alpha value is -2.47. The Bertz CT molecular complexity index is 799. The van der Waals surface area contributed by atoms with Gasteiger partial charge in [-0.05, 0) is 20.8 Å². The number of halogens is 3. The second-order valence-corrected chi connectivity index (χ2v) is 6.45. The van der Waals surface area contributed by atoms with Crippen molar-refractivity contribution >= 4 is 5.97 Å². The number of aliphatic carboxylic acids is 1. The van der Waals surface area contributed by atoms with E-state index >= 15 is 0 Å². The highest BCUT2D eigenvalue weighted by Gasteiger charge is 2.38. The molecule has 1 N–H and O–H groups in total. The lowest BCUT2D eigenvalue weighted by atomic mass is 10.2. The van der Waals surface area contributed by atoms with Crippen LogP contribution in [-0.4, -0.2) is 61.8 Å². The van der Waals surface area contributed by atoms with Crippen molar-refractivity contribution in [2.75, 3.05) is 19.7 Å². The number of carbonyl (C=O) groups is 1. The molecule has 9 nitrogen and oxygen atoms in total. The van der Waals surface area contributed by atoms with Gasteiger partial charge in [0.15, 0.2) is 5.82 Å². The van der Waals surface area contributed by atoms with Crippen LogP contribution in [0.2, 0.25) is 0 Å². The second kappa shape index (κ2) is 9.83. The molecule has 2 aromatic rings. The summed E-state index contributed by atoms with van der Waals surface area (Å²) in [4.78, 5) is 11.3. The molecule has 3 rings (SSSR count). The average Bonchev–Trinajstić information content (AvgIpc) is 3.11. The highest BCUT2D eigenvalue weighted by atomic mass is 19.4. The van der Waals surface area contributed by atoms with E-state index in [1.165, 1.54) is 5.56 Å². The van der Waals surface area contributed by atoms with Gasteiger partial charge in [-0.3, -0.25) is 4.90 Å². The number of alkyl halides is 3. The van der Waals surface area contributed by atoms with Gasteiger partial charge in [0.1, 0.15) is 18.2 Å². The van der Waals surface area contributed by atoms with Gasteiger partial charge in [-0.15, -0.1) is 10.2 Å². The Labute approximate surface area is 165 Å². The Kier molecular flexibility index (Phi) is 7.73. The van der Waals surface area contributed by atoms with Gasteiger partial charge < -0.3 is 18.9 Å². The van der Waals surface area contributed by atoms with Crippen LogP contribution in [-0.2, 0) is 35.6 Å². The predicted molar refractivity (Wildman–Crippen MR) is 94.0 cm³/mol. The third kappa shape index (κ3) is 6.26. The highest BCUT2D eigenvalue weighted by Crippen LogP contribution is 2.17. The maximum atomic E-state index is 10.6. The minimum atomic E-state index is -5.08. The number of nitrogens with zero attached hydrogens (tertiary/aromatic N) is 5. The summed E-state index contributed by atoms with van der Waals surface area (Å²) in [5.74, 6) is 0.137. The molecular formula is C17H24F3N5O4. The first kappa shape index (κ1) is 22.8.